The molecule has 1 saturated carbocycles. The minimum atomic E-state index is 0.299. The van der Waals surface area contributed by atoms with E-state index in [-0.39, 0.29) is 0 Å². The normalized spacial score (nSPS) is 17.2. The average Bonchev–Trinajstić information content (AvgIpc) is 3.10. The first-order valence-corrected chi connectivity index (χ1v) is 6.21. The molecule has 0 saturated heterocycles. The van der Waals surface area contributed by atoms with Crippen LogP contribution in [0.5, 0.6) is 0 Å². The fourth-order valence-corrected chi connectivity index (χ4v) is 2.25. The summed E-state index contributed by atoms with van der Waals surface area (Å²) in [4.78, 5) is 2.32. The van der Waals surface area contributed by atoms with Gasteiger partial charge in [-0.05, 0) is 44.5 Å². The lowest BCUT2D eigenvalue weighted by molar-refractivity contribution is 0.652. The lowest BCUT2D eigenvalue weighted by atomic mass is 10.1. The van der Waals surface area contributed by atoms with Crippen molar-refractivity contribution in [2.24, 2.45) is 0 Å². The third-order valence-corrected chi connectivity index (χ3v) is 3.71. The van der Waals surface area contributed by atoms with E-state index in [2.05, 4.69) is 42.4 Å². The third-order valence-electron chi connectivity index (χ3n) is 3.39. The summed E-state index contributed by atoms with van der Waals surface area (Å²) in [5.41, 5.74) is 2.39. The van der Waals surface area contributed by atoms with Gasteiger partial charge in [0.25, 0.3) is 0 Å². The van der Waals surface area contributed by atoms with Crippen LogP contribution in [0.25, 0.3) is 0 Å². The van der Waals surface area contributed by atoms with E-state index in [0.717, 1.165) is 16.6 Å². The van der Waals surface area contributed by atoms with Gasteiger partial charge in [-0.3, -0.25) is 0 Å². The average molecular weight is 239 g/mol. The van der Waals surface area contributed by atoms with E-state index in [1.807, 2.05) is 7.05 Å². The molecule has 0 aromatic heterocycles. The van der Waals surface area contributed by atoms with Crippen molar-refractivity contribution in [2.75, 3.05) is 19.0 Å². The molecule has 2 nitrogen and oxygen atoms in total. The zero-order valence-electron chi connectivity index (χ0n) is 10.1. The van der Waals surface area contributed by atoms with Crippen molar-refractivity contribution >= 4 is 17.3 Å². The lowest BCUT2D eigenvalue weighted by Crippen LogP contribution is -2.19. The first-order valence-electron chi connectivity index (χ1n) is 5.83. The molecular weight excluding hydrogens is 220 g/mol. The van der Waals surface area contributed by atoms with Crippen molar-refractivity contribution in [3.63, 3.8) is 0 Å². The Morgan fingerprint density at radius 1 is 1.44 bits per heavy atom. The number of rotatable bonds is 4. The van der Waals surface area contributed by atoms with Crippen molar-refractivity contribution < 1.29 is 0 Å². The quantitative estimate of drug-likeness (QED) is 0.867. The Morgan fingerprint density at radius 3 is 2.62 bits per heavy atom. The van der Waals surface area contributed by atoms with E-state index in [0.29, 0.717) is 6.04 Å². The zero-order chi connectivity index (χ0) is 11.7. The molecule has 88 valence electrons. The Balaban J connectivity index is 2.21. The molecule has 1 aromatic carbocycles. The van der Waals surface area contributed by atoms with Crippen LogP contribution in [-0.4, -0.2) is 20.1 Å². The van der Waals surface area contributed by atoms with Gasteiger partial charge < -0.3 is 10.2 Å². The molecule has 3 heteroatoms. The highest BCUT2D eigenvalue weighted by atomic mass is 35.5. The number of hydrogen-bond acceptors (Lipinski definition) is 2. The number of nitrogens with one attached hydrogen (secondary N) is 1. The molecule has 0 spiro atoms. The van der Waals surface area contributed by atoms with Crippen LogP contribution in [0.4, 0.5) is 5.69 Å². The molecule has 16 heavy (non-hydrogen) atoms. The van der Waals surface area contributed by atoms with Crippen LogP contribution in [0.3, 0.4) is 0 Å². The van der Waals surface area contributed by atoms with Gasteiger partial charge in [0.15, 0.2) is 0 Å². The smallest absolute Gasteiger partial charge is 0.0474 e. The van der Waals surface area contributed by atoms with Crippen molar-refractivity contribution in [3.05, 3.63) is 28.8 Å². The van der Waals surface area contributed by atoms with E-state index in [1.54, 1.807) is 0 Å². The third kappa shape index (κ3) is 2.33. The summed E-state index contributed by atoms with van der Waals surface area (Å²) in [6, 6.07) is 7.38. The molecule has 1 aromatic rings. The van der Waals surface area contributed by atoms with Crippen molar-refractivity contribution in [1.29, 1.82) is 0 Å². The fraction of sp³-hybridized carbons (Fsp3) is 0.538. The zero-order valence-corrected chi connectivity index (χ0v) is 10.9. The molecule has 1 N–H and O–H groups in total. The molecule has 1 fully saturated rings. The maximum Gasteiger partial charge on any atom is 0.0474 e. The molecule has 2 rings (SSSR count). The topological polar surface area (TPSA) is 15.3 Å². The Morgan fingerprint density at radius 2 is 2.12 bits per heavy atom. The Hall–Kier alpha value is -0.730. The highest BCUT2D eigenvalue weighted by molar-refractivity contribution is 6.31. The summed E-state index contributed by atoms with van der Waals surface area (Å²) in [5, 5.41) is 4.06. The second-order valence-electron chi connectivity index (χ2n) is 4.56. The first kappa shape index (κ1) is 11.7. The lowest BCUT2D eigenvalue weighted by Gasteiger charge is -2.21. The summed E-state index contributed by atoms with van der Waals surface area (Å²) < 4.78 is 0. The van der Waals surface area contributed by atoms with Gasteiger partial charge in [-0.25, -0.2) is 0 Å². The van der Waals surface area contributed by atoms with Gasteiger partial charge in [-0.2, -0.15) is 0 Å². The molecule has 0 aliphatic heterocycles. The number of hydrogen-bond donors (Lipinski definition) is 1. The Labute approximate surface area is 103 Å². The molecule has 0 amide bonds. The summed E-state index contributed by atoms with van der Waals surface area (Å²) in [7, 11) is 4.09. The van der Waals surface area contributed by atoms with Gasteiger partial charge in [0.05, 0.1) is 0 Å². The first-order chi connectivity index (χ1) is 7.63. The van der Waals surface area contributed by atoms with Crippen LogP contribution in [0.15, 0.2) is 18.2 Å². The van der Waals surface area contributed by atoms with Gasteiger partial charge in [-0.1, -0.05) is 17.7 Å². The summed E-state index contributed by atoms with van der Waals surface area (Å²) in [6.07, 6.45) is 2.62. The van der Waals surface area contributed by atoms with Crippen molar-refractivity contribution in [3.8, 4) is 0 Å². The second kappa shape index (κ2) is 4.64. The standard InChI is InChI=1S/C13H19ClN2/c1-9(15-2)12-7-6-11(8-13(12)14)16(3)10-4-5-10/h6-10,15H,4-5H2,1-3H3. The molecule has 1 aliphatic carbocycles. The predicted octanol–water partition coefficient (Wildman–Crippen LogP) is 3.22. The maximum atomic E-state index is 6.31. The Kier molecular flexibility index (Phi) is 3.41. The maximum absolute atomic E-state index is 6.31. The SMILES string of the molecule is CNC(C)c1ccc(N(C)C2CC2)cc1Cl. The van der Waals surface area contributed by atoms with E-state index < -0.39 is 0 Å². The predicted molar refractivity (Wildman–Crippen MR) is 70.4 cm³/mol. The van der Waals surface area contributed by atoms with Gasteiger partial charge >= 0.3 is 0 Å². The highest BCUT2D eigenvalue weighted by Crippen LogP contribution is 2.33. The molecule has 1 atom stereocenters. The van der Waals surface area contributed by atoms with E-state index in [4.69, 9.17) is 11.6 Å². The van der Waals surface area contributed by atoms with Gasteiger partial charge in [0, 0.05) is 29.8 Å². The van der Waals surface area contributed by atoms with Crippen LogP contribution in [-0.2, 0) is 0 Å². The second-order valence-corrected chi connectivity index (χ2v) is 4.97. The molecule has 0 bridgehead atoms. The summed E-state index contributed by atoms with van der Waals surface area (Å²) in [6.45, 7) is 2.12. The molecule has 1 aliphatic rings. The fourth-order valence-electron chi connectivity index (χ4n) is 1.91. The molecule has 0 radical (unpaired) electrons. The van der Waals surface area contributed by atoms with Crippen LogP contribution in [0.1, 0.15) is 31.4 Å². The summed E-state index contributed by atoms with van der Waals surface area (Å²) >= 11 is 6.31. The molecule has 0 heterocycles. The van der Waals surface area contributed by atoms with Crippen LogP contribution in [0.2, 0.25) is 5.02 Å². The highest BCUT2D eigenvalue weighted by Gasteiger charge is 2.26. The van der Waals surface area contributed by atoms with E-state index >= 15 is 0 Å². The van der Waals surface area contributed by atoms with Crippen LogP contribution >= 0.6 is 11.6 Å². The van der Waals surface area contributed by atoms with Crippen LogP contribution < -0.4 is 10.2 Å². The Bertz CT molecular complexity index is 374. The largest absolute Gasteiger partial charge is 0.372 e. The number of benzene rings is 1. The van der Waals surface area contributed by atoms with Crippen LogP contribution in [0, 0.1) is 0 Å². The van der Waals surface area contributed by atoms with E-state index in [1.165, 1.54) is 18.5 Å². The monoisotopic (exact) mass is 238 g/mol. The van der Waals surface area contributed by atoms with Gasteiger partial charge in [0.1, 0.15) is 0 Å². The summed E-state index contributed by atoms with van der Waals surface area (Å²) in [5.74, 6) is 0. The van der Waals surface area contributed by atoms with E-state index in [9.17, 15) is 0 Å². The van der Waals surface area contributed by atoms with Crippen molar-refractivity contribution in [2.45, 2.75) is 31.8 Å². The number of nitrogens with zero attached hydrogens (tertiary/aromatic N) is 1. The molecule has 1 unspecified atom stereocenters. The van der Waals surface area contributed by atoms with Gasteiger partial charge in [0.2, 0.25) is 0 Å². The number of halogens is 1. The molecular formula is C13H19ClN2. The minimum Gasteiger partial charge on any atom is -0.372 e. The minimum absolute atomic E-state index is 0.299. The number of anilines is 1. The van der Waals surface area contributed by atoms with Gasteiger partial charge in [-0.15, -0.1) is 0 Å². The van der Waals surface area contributed by atoms with Crippen molar-refractivity contribution in [1.82, 2.24) is 5.32 Å².